The molecule has 63 valence electrons. The van der Waals surface area contributed by atoms with Gasteiger partial charge >= 0.3 is 5.97 Å². The number of hydrogen-bond acceptors (Lipinski definition) is 1. The summed E-state index contributed by atoms with van der Waals surface area (Å²) in [6.07, 6.45) is 0. The minimum Gasteiger partial charge on any atom is -0.478 e. The maximum Gasteiger partial charge on any atom is 0.336 e. The summed E-state index contributed by atoms with van der Waals surface area (Å²) < 4.78 is 25.1. The molecule has 1 rings (SSSR count). The van der Waals surface area contributed by atoms with Crippen LogP contribution in [0.25, 0.3) is 0 Å². The second-order valence-electron chi connectivity index (χ2n) is 2.22. The van der Waals surface area contributed by atoms with E-state index in [1.165, 1.54) is 0 Å². The van der Waals surface area contributed by atoms with Crippen LogP contribution >= 0.6 is 0 Å². The fraction of sp³-hybridized carbons (Fsp3) is 0. The summed E-state index contributed by atoms with van der Waals surface area (Å²) in [5.41, 5.74) is -0.753. The van der Waals surface area contributed by atoms with E-state index < -0.39 is 23.2 Å². The summed E-state index contributed by atoms with van der Waals surface area (Å²) in [5.74, 6) is -3.26. The predicted octanol–water partition coefficient (Wildman–Crippen LogP) is 1.85. The maximum atomic E-state index is 12.6. The van der Waals surface area contributed by atoms with Gasteiger partial charge in [0.15, 0.2) is 0 Å². The Morgan fingerprint density at radius 2 is 2.00 bits per heavy atom. The summed E-state index contributed by atoms with van der Waals surface area (Å²) in [6, 6.07) is 1.32. The highest BCUT2D eigenvalue weighted by molar-refractivity contribution is 5.89. The number of carboxylic acid groups (broad SMARTS) is 1. The summed E-state index contributed by atoms with van der Waals surface area (Å²) in [4.78, 5) is 10.4. The van der Waals surface area contributed by atoms with Gasteiger partial charge in [-0.2, -0.15) is 0 Å². The first-order valence-corrected chi connectivity index (χ1v) is 3.06. The topological polar surface area (TPSA) is 37.3 Å². The Kier molecular flexibility index (Phi) is 2.08. The zero-order valence-corrected chi connectivity index (χ0v) is 5.97. The molecule has 1 radical (unpaired) electrons. The van der Waals surface area contributed by atoms with E-state index in [-0.39, 0.29) is 5.56 Å². The first-order valence-electron chi connectivity index (χ1n) is 3.06. The van der Waals surface area contributed by atoms with E-state index in [1.54, 1.807) is 0 Å². The van der Waals surface area contributed by atoms with Gasteiger partial charge in [0.25, 0.3) is 0 Å². The lowest BCUT2D eigenvalue weighted by atomic mass is 10.1. The molecule has 0 bridgehead atoms. The standard InChI is InChI=1S/C8H5F2O2/c1-4-6(8(11)12)2-5(9)3-7(4)10/h2-3H,1H2,(H,11,12). The Hall–Kier alpha value is -1.45. The minimum absolute atomic E-state index is 0.302. The van der Waals surface area contributed by atoms with Crippen molar-refractivity contribution < 1.29 is 18.7 Å². The Bertz CT molecular complexity index is 334. The van der Waals surface area contributed by atoms with Crippen molar-refractivity contribution in [1.29, 1.82) is 0 Å². The molecule has 0 amide bonds. The van der Waals surface area contributed by atoms with Gasteiger partial charge in [0, 0.05) is 11.6 Å². The molecule has 0 aliphatic heterocycles. The third-order valence-corrected chi connectivity index (χ3v) is 1.39. The van der Waals surface area contributed by atoms with Crippen molar-refractivity contribution in [3.05, 3.63) is 41.8 Å². The maximum absolute atomic E-state index is 12.6. The zero-order valence-electron chi connectivity index (χ0n) is 5.97. The van der Waals surface area contributed by atoms with Crippen molar-refractivity contribution in [1.82, 2.24) is 0 Å². The number of rotatable bonds is 1. The van der Waals surface area contributed by atoms with Gasteiger partial charge in [0.2, 0.25) is 0 Å². The summed E-state index contributed by atoms with van der Waals surface area (Å²) >= 11 is 0. The number of carboxylic acids is 1. The SMILES string of the molecule is [CH2]c1c(F)cc(F)cc1C(=O)O. The van der Waals surface area contributed by atoms with Gasteiger partial charge in [0.1, 0.15) is 11.6 Å². The molecule has 0 saturated heterocycles. The van der Waals surface area contributed by atoms with Gasteiger partial charge in [-0.15, -0.1) is 0 Å². The Balaban J connectivity index is 3.37. The molecule has 0 heterocycles. The molecule has 0 unspecified atom stereocenters. The number of halogens is 2. The molecule has 2 nitrogen and oxygen atoms in total. The molecule has 0 atom stereocenters. The largest absolute Gasteiger partial charge is 0.478 e. The molecule has 12 heavy (non-hydrogen) atoms. The lowest BCUT2D eigenvalue weighted by Gasteiger charge is -2.00. The molecule has 4 heteroatoms. The van der Waals surface area contributed by atoms with E-state index in [9.17, 15) is 13.6 Å². The molecule has 0 fully saturated rings. The third-order valence-electron chi connectivity index (χ3n) is 1.39. The highest BCUT2D eigenvalue weighted by atomic mass is 19.1. The molecular formula is C8H5F2O2. The average Bonchev–Trinajstić information content (AvgIpc) is 1.96. The third kappa shape index (κ3) is 1.42. The second-order valence-corrected chi connectivity index (χ2v) is 2.22. The van der Waals surface area contributed by atoms with Gasteiger partial charge in [-0.05, 0) is 13.0 Å². The van der Waals surface area contributed by atoms with Crippen molar-refractivity contribution in [2.75, 3.05) is 0 Å². The molecule has 0 spiro atoms. The molecule has 1 aromatic rings. The molecule has 0 aliphatic carbocycles. The summed E-state index contributed by atoms with van der Waals surface area (Å²) in [6.45, 7) is 3.16. The van der Waals surface area contributed by atoms with Crippen LogP contribution < -0.4 is 0 Å². The van der Waals surface area contributed by atoms with Crippen molar-refractivity contribution in [3.8, 4) is 0 Å². The monoisotopic (exact) mass is 171 g/mol. The zero-order chi connectivity index (χ0) is 9.30. The smallest absolute Gasteiger partial charge is 0.336 e. The highest BCUT2D eigenvalue weighted by Crippen LogP contribution is 2.14. The van der Waals surface area contributed by atoms with Crippen molar-refractivity contribution in [3.63, 3.8) is 0 Å². The van der Waals surface area contributed by atoms with Crippen LogP contribution in [0.3, 0.4) is 0 Å². The quantitative estimate of drug-likeness (QED) is 0.700. The van der Waals surface area contributed by atoms with E-state index >= 15 is 0 Å². The Morgan fingerprint density at radius 1 is 1.42 bits per heavy atom. The van der Waals surface area contributed by atoms with Crippen molar-refractivity contribution in [2.45, 2.75) is 0 Å². The Morgan fingerprint density at radius 3 is 2.50 bits per heavy atom. The van der Waals surface area contributed by atoms with Crippen LogP contribution in [-0.2, 0) is 0 Å². The fourth-order valence-corrected chi connectivity index (χ4v) is 0.794. The first kappa shape index (κ1) is 8.64. The number of benzene rings is 1. The number of hydrogen-bond donors (Lipinski definition) is 1. The van der Waals surface area contributed by atoms with Gasteiger partial charge in [-0.1, -0.05) is 0 Å². The highest BCUT2D eigenvalue weighted by Gasteiger charge is 2.12. The van der Waals surface area contributed by atoms with E-state index in [4.69, 9.17) is 5.11 Å². The Labute approximate surface area is 67.4 Å². The van der Waals surface area contributed by atoms with Crippen LogP contribution in [0.4, 0.5) is 8.78 Å². The predicted molar refractivity (Wildman–Crippen MR) is 37.8 cm³/mol. The van der Waals surface area contributed by atoms with Crippen molar-refractivity contribution >= 4 is 5.97 Å². The molecule has 0 saturated carbocycles. The van der Waals surface area contributed by atoms with Gasteiger partial charge in [-0.25, -0.2) is 13.6 Å². The molecular weight excluding hydrogens is 166 g/mol. The number of aromatic carboxylic acids is 1. The van der Waals surface area contributed by atoms with Gasteiger partial charge < -0.3 is 5.11 Å². The van der Waals surface area contributed by atoms with Crippen molar-refractivity contribution in [2.24, 2.45) is 0 Å². The van der Waals surface area contributed by atoms with E-state index in [1.807, 2.05) is 0 Å². The summed E-state index contributed by atoms with van der Waals surface area (Å²) in [7, 11) is 0. The van der Waals surface area contributed by atoms with Crippen LogP contribution in [0, 0.1) is 18.6 Å². The molecule has 1 aromatic carbocycles. The van der Waals surface area contributed by atoms with Gasteiger partial charge in [-0.3, -0.25) is 0 Å². The van der Waals surface area contributed by atoms with E-state index in [0.717, 1.165) is 6.07 Å². The van der Waals surface area contributed by atoms with Crippen LogP contribution in [0.5, 0.6) is 0 Å². The number of carbonyl (C=O) groups is 1. The molecule has 0 aliphatic rings. The molecule has 1 N–H and O–H groups in total. The lowest BCUT2D eigenvalue weighted by Crippen LogP contribution is -2.02. The normalized spacial score (nSPS) is 9.92. The minimum atomic E-state index is -1.39. The second kappa shape index (κ2) is 2.89. The van der Waals surface area contributed by atoms with Crippen LogP contribution in [-0.4, -0.2) is 11.1 Å². The van der Waals surface area contributed by atoms with E-state index in [2.05, 4.69) is 6.92 Å². The average molecular weight is 171 g/mol. The van der Waals surface area contributed by atoms with Gasteiger partial charge in [0.05, 0.1) is 5.56 Å². The fourth-order valence-electron chi connectivity index (χ4n) is 0.794. The summed E-state index contributed by atoms with van der Waals surface area (Å²) in [5, 5.41) is 8.44. The first-order chi connectivity index (χ1) is 5.52. The van der Waals surface area contributed by atoms with Crippen LogP contribution in [0.1, 0.15) is 15.9 Å². The lowest BCUT2D eigenvalue weighted by molar-refractivity contribution is 0.0695. The molecule has 0 aromatic heterocycles. The van der Waals surface area contributed by atoms with Crippen LogP contribution in [0.15, 0.2) is 12.1 Å². The van der Waals surface area contributed by atoms with Crippen LogP contribution in [0.2, 0.25) is 0 Å². The van der Waals surface area contributed by atoms with E-state index in [0.29, 0.717) is 6.07 Å².